The van der Waals surface area contributed by atoms with Gasteiger partial charge in [-0.25, -0.2) is 4.79 Å². The van der Waals surface area contributed by atoms with Crippen molar-refractivity contribution in [2.24, 2.45) is 0 Å². The summed E-state index contributed by atoms with van der Waals surface area (Å²) in [6.07, 6.45) is -5.74. The topological polar surface area (TPSA) is 98.5 Å². The van der Waals surface area contributed by atoms with Gasteiger partial charge in [0.1, 0.15) is 0 Å². The summed E-state index contributed by atoms with van der Waals surface area (Å²) in [5.41, 5.74) is -0.645. The first-order chi connectivity index (χ1) is 13.0. The molecule has 10 heteroatoms. The molecule has 0 unspecified atom stereocenters. The number of halogens is 3. The van der Waals surface area contributed by atoms with Crippen LogP contribution in [0.2, 0.25) is 0 Å². The number of hydrogen-bond donors (Lipinski definition) is 1. The number of carbonyl (C=O) groups is 2. The van der Waals surface area contributed by atoms with E-state index in [1.165, 1.54) is 26.0 Å². The van der Waals surface area contributed by atoms with Crippen molar-refractivity contribution in [2.75, 3.05) is 5.32 Å². The molecule has 0 radical (unpaired) electrons. The van der Waals surface area contributed by atoms with E-state index < -0.39 is 34.6 Å². The van der Waals surface area contributed by atoms with Crippen LogP contribution in [-0.2, 0) is 15.7 Å². The number of benzene rings is 2. The number of ether oxygens (including phenoxy) is 1. The van der Waals surface area contributed by atoms with Gasteiger partial charge < -0.3 is 10.1 Å². The molecular weight excluding hydrogens is 381 g/mol. The summed E-state index contributed by atoms with van der Waals surface area (Å²) in [5.74, 6) is -1.61. The molecule has 0 bridgehead atoms. The molecular formula is C18H15F3N2O5. The van der Waals surface area contributed by atoms with Gasteiger partial charge in [-0.2, -0.15) is 13.2 Å². The van der Waals surface area contributed by atoms with Crippen molar-refractivity contribution < 1.29 is 32.4 Å². The maximum absolute atomic E-state index is 12.5. The van der Waals surface area contributed by atoms with E-state index in [0.717, 1.165) is 30.3 Å². The smallest absolute Gasteiger partial charge is 0.416 e. The normalized spacial score (nSPS) is 12.2. The second-order valence-electron chi connectivity index (χ2n) is 5.87. The van der Waals surface area contributed by atoms with Gasteiger partial charge in [-0.3, -0.25) is 14.9 Å². The second kappa shape index (κ2) is 8.07. The Bertz CT molecular complexity index is 910. The van der Waals surface area contributed by atoms with E-state index in [1.54, 1.807) is 0 Å². The number of nitro groups is 1. The average Bonchev–Trinajstić information content (AvgIpc) is 2.60. The van der Waals surface area contributed by atoms with E-state index in [2.05, 4.69) is 5.32 Å². The molecule has 7 nitrogen and oxygen atoms in total. The summed E-state index contributed by atoms with van der Waals surface area (Å²) in [4.78, 5) is 34.4. The highest BCUT2D eigenvalue weighted by molar-refractivity contribution is 5.97. The SMILES string of the molecule is Cc1cc(C(=O)O[C@@H](C)C(=O)Nc2ccc(C(F)(F)F)cc2)ccc1[N+](=O)[O-]. The third-order valence-corrected chi connectivity index (χ3v) is 3.76. The molecule has 0 aromatic heterocycles. The van der Waals surface area contributed by atoms with Gasteiger partial charge in [0.25, 0.3) is 11.6 Å². The Hall–Kier alpha value is -3.43. The van der Waals surface area contributed by atoms with Crippen molar-refractivity contribution in [3.8, 4) is 0 Å². The summed E-state index contributed by atoms with van der Waals surface area (Å²) in [7, 11) is 0. The number of rotatable bonds is 5. The predicted molar refractivity (Wildman–Crippen MR) is 92.8 cm³/mol. The molecule has 0 heterocycles. The Kier molecular flexibility index (Phi) is 6.02. The van der Waals surface area contributed by atoms with Crippen LogP contribution in [-0.4, -0.2) is 22.9 Å². The van der Waals surface area contributed by atoms with Crippen molar-refractivity contribution in [2.45, 2.75) is 26.1 Å². The van der Waals surface area contributed by atoms with Crippen molar-refractivity contribution in [3.05, 3.63) is 69.3 Å². The zero-order valence-electron chi connectivity index (χ0n) is 14.7. The van der Waals surface area contributed by atoms with E-state index in [1.807, 2.05) is 0 Å². The molecule has 28 heavy (non-hydrogen) atoms. The number of nitrogens with one attached hydrogen (secondary N) is 1. The van der Waals surface area contributed by atoms with Crippen molar-refractivity contribution in [3.63, 3.8) is 0 Å². The molecule has 2 aromatic carbocycles. The van der Waals surface area contributed by atoms with E-state index in [9.17, 15) is 32.9 Å². The van der Waals surface area contributed by atoms with E-state index in [4.69, 9.17) is 4.74 Å². The van der Waals surface area contributed by atoms with Crippen LogP contribution in [0.15, 0.2) is 42.5 Å². The van der Waals surface area contributed by atoms with Gasteiger partial charge in [0.15, 0.2) is 6.10 Å². The zero-order chi connectivity index (χ0) is 21.1. The van der Waals surface area contributed by atoms with Crippen LogP contribution in [0.3, 0.4) is 0 Å². The van der Waals surface area contributed by atoms with Crippen LogP contribution in [0, 0.1) is 17.0 Å². The molecule has 0 aliphatic carbocycles. The maximum atomic E-state index is 12.5. The van der Waals surface area contributed by atoms with Gasteiger partial charge >= 0.3 is 12.1 Å². The van der Waals surface area contributed by atoms with E-state index >= 15 is 0 Å². The Morgan fingerprint density at radius 2 is 1.75 bits per heavy atom. The first-order valence-electron chi connectivity index (χ1n) is 7.93. The molecule has 0 aliphatic heterocycles. The molecule has 0 fully saturated rings. The molecule has 148 valence electrons. The molecule has 2 aromatic rings. The third kappa shape index (κ3) is 5.06. The molecule has 1 amide bonds. The number of anilines is 1. The largest absolute Gasteiger partial charge is 0.449 e. The second-order valence-corrected chi connectivity index (χ2v) is 5.87. The first kappa shape index (κ1) is 20.9. The van der Waals surface area contributed by atoms with Gasteiger partial charge in [-0.1, -0.05) is 0 Å². The minimum atomic E-state index is -4.49. The highest BCUT2D eigenvalue weighted by atomic mass is 19.4. The Morgan fingerprint density at radius 1 is 1.14 bits per heavy atom. The number of hydrogen-bond acceptors (Lipinski definition) is 5. The van der Waals surface area contributed by atoms with Gasteiger partial charge in [-0.05, 0) is 50.2 Å². The van der Waals surface area contributed by atoms with Gasteiger partial charge in [-0.15, -0.1) is 0 Å². The quantitative estimate of drug-likeness (QED) is 0.466. The molecule has 2 rings (SSSR count). The number of amides is 1. The summed E-state index contributed by atoms with van der Waals surface area (Å²) >= 11 is 0. The van der Waals surface area contributed by atoms with Crippen LogP contribution >= 0.6 is 0 Å². The fraction of sp³-hybridized carbons (Fsp3) is 0.222. The summed E-state index contributed by atoms with van der Waals surface area (Å²) in [6, 6.07) is 7.40. The monoisotopic (exact) mass is 396 g/mol. The lowest BCUT2D eigenvalue weighted by atomic mass is 10.1. The number of carbonyl (C=O) groups excluding carboxylic acids is 2. The van der Waals surface area contributed by atoms with Crippen molar-refractivity contribution in [1.29, 1.82) is 0 Å². The Balaban J connectivity index is 2.01. The Morgan fingerprint density at radius 3 is 2.25 bits per heavy atom. The van der Waals surface area contributed by atoms with Crippen molar-refractivity contribution in [1.82, 2.24) is 0 Å². The lowest BCUT2D eigenvalue weighted by Gasteiger charge is -2.14. The summed E-state index contributed by atoms with van der Waals surface area (Å²) in [6.45, 7) is 2.74. The standard InChI is InChI=1S/C18H15F3N2O5/c1-10-9-12(3-8-15(10)23(26)27)17(25)28-11(2)16(24)22-14-6-4-13(5-7-14)18(19,20)21/h3-9,11H,1-2H3,(H,22,24)/t11-/m0/s1. The van der Waals surface area contributed by atoms with Gasteiger partial charge in [0.05, 0.1) is 16.1 Å². The minimum absolute atomic E-state index is 0.0253. The maximum Gasteiger partial charge on any atom is 0.416 e. The number of nitrogens with zero attached hydrogens (tertiary/aromatic N) is 1. The predicted octanol–water partition coefficient (Wildman–Crippen LogP) is 4.11. The fourth-order valence-corrected chi connectivity index (χ4v) is 2.26. The number of aryl methyl sites for hydroxylation is 1. The van der Waals surface area contributed by atoms with Crippen LogP contribution in [0.4, 0.5) is 24.5 Å². The molecule has 0 aliphatic rings. The summed E-state index contributed by atoms with van der Waals surface area (Å²) < 4.78 is 42.6. The first-order valence-corrected chi connectivity index (χ1v) is 7.93. The van der Waals surface area contributed by atoms with E-state index in [-0.39, 0.29) is 22.5 Å². The lowest BCUT2D eigenvalue weighted by Crippen LogP contribution is -2.30. The fourth-order valence-electron chi connectivity index (χ4n) is 2.26. The average molecular weight is 396 g/mol. The van der Waals surface area contributed by atoms with Crippen molar-refractivity contribution >= 4 is 23.3 Å². The third-order valence-electron chi connectivity index (χ3n) is 3.76. The molecule has 1 N–H and O–H groups in total. The van der Waals surface area contributed by atoms with Gasteiger partial charge in [0.2, 0.25) is 0 Å². The van der Waals surface area contributed by atoms with Crippen LogP contribution in [0.25, 0.3) is 0 Å². The molecule has 0 spiro atoms. The number of esters is 1. The zero-order valence-corrected chi connectivity index (χ0v) is 14.7. The van der Waals surface area contributed by atoms with Crippen LogP contribution < -0.4 is 5.32 Å². The molecule has 0 saturated heterocycles. The van der Waals surface area contributed by atoms with E-state index in [0.29, 0.717) is 0 Å². The molecule has 0 saturated carbocycles. The summed E-state index contributed by atoms with van der Waals surface area (Å²) in [5, 5.41) is 13.1. The lowest BCUT2D eigenvalue weighted by molar-refractivity contribution is -0.385. The highest BCUT2D eigenvalue weighted by Crippen LogP contribution is 2.29. The minimum Gasteiger partial charge on any atom is -0.449 e. The van der Waals surface area contributed by atoms with Gasteiger partial charge in [0, 0.05) is 17.3 Å². The number of alkyl halides is 3. The van der Waals surface area contributed by atoms with Crippen LogP contribution in [0.5, 0.6) is 0 Å². The van der Waals surface area contributed by atoms with Crippen LogP contribution in [0.1, 0.15) is 28.4 Å². The highest BCUT2D eigenvalue weighted by Gasteiger charge is 2.30. The molecule has 1 atom stereocenters. The Labute approximate surface area is 157 Å². The number of nitro benzene ring substituents is 1.